The Balaban J connectivity index is 2.56. The molecule has 0 spiro atoms. The van der Waals surface area contributed by atoms with Crippen LogP contribution < -0.4 is 5.32 Å². The van der Waals surface area contributed by atoms with E-state index in [1.54, 1.807) is 13.1 Å². The van der Waals surface area contributed by atoms with E-state index in [9.17, 15) is 8.78 Å². The molecule has 0 fully saturated rings. The number of rotatable bonds is 3. The van der Waals surface area contributed by atoms with Crippen LogP contribution in [0.15, 0.2) is 36.7 Å². The molecule has 0 saturated heterocycles. The number of nitrogens with one attached hydrogen (secondary N) is 1. The van der Waals surface area contributed by atoms with E-state index in [1.165, 1.54) is 30.6 Å². The fourth-order valence-corrected chi connectivity index (χ4v) is 2.09. The Morgan fingerprint density at radius 2 is 1.89 bits per heavy atom. The Hall–Kier alpha value is -1.52. The molecule has 1 unspecified atom stereocenters. The number of halogens is 3. The molecule has 1 N–H and O–H groups in total. The van der Waals surface area contributed by atoms with Crippen LogP contribution in [0.3, 0.4) is 0 Å². The van der Waals surface area contributed by atoms with Crippen molar-refractivity contribution in [3.05, 3.63) is 64.4 Å². The highest BCUT2D eigenvalue weighted by atomic mass is 35.5. The van der Waals surface area contributed by atoms with Crippen molar-refractivity contribution in [2.75, 3.05) is 7.05 Å². The van der Waals surface area contributed by atoms with Gasteiger partial charge in [-0.3, -0.25) is 4.98 Å². The Labute approximate surface area is 109 Å². The Kier molecular flexibility index (Phi) is 3.89. The van der Waals surface area contributed by atoms with Gasteiger partial charge in [-0.2, -0.15) is 0 Å². The zero-order valence-electron chi connectivity index (χ0n) is 9.62. The summed E-state index contributed by atoms with van der Waals surface area (Å²) in [5, 5.41) is 3.23. The first kappa shape index (κ1) is 12.9. The van der Waals surface area contributed by atoms with Gasteiger partial charge >= 0.3 is 0 Å². The van der Waals surface area contributed by atoms with Gasteiger partial charge in [0.15, 0.2) is 0 Å². The smallest absolute Gasteiger partial charge is 0.131 e. The first-order valence-electron chi connectivity index (χ1n) is 5.35. The molecule has 1 atom stereocenters. The minimum Gasteiger partial charge on any atom is -0.309 e. The monoisotopic (exact) mass is 268 g/mol. The fraction of sp³-hybridized carbons (Fsp3) is 0.154. The van der Waals surface area contributed by atoms with Gasteiger partial charge in [0.2, 0.25) is 0 Å². The lowest BCUT2D eigenvalue weighted by Gasteiger charge is -2.19. The van der Waals surface area contributed by atoms with Crippen molar-refractivity contribution in [3.8, 4) is 0 Å². The number of pyridine rings is 1. The van der Waals surface area contributed by atoms with Crippen LogP contribution in [0.4, 0.5) is 8.78 Å². The first-order chi connectivity index (χ1) is 8.65. The number of benzene rings is 1. The van der Waals surface area contributed by atoms with Crippen LogP contribution in [-0.2, 0) is 0 Å². The standard InChI is InChI=1S/C13H11ClF2N2/c1-17-13(8-5-6-18-7-9(8)14)12-10(15)3-2-4-11(12)16/h2-7,13,17H,1H3. The second-order valence-corrected chi connectivity index (χ2v) is 4.16. The van der Waals surface area contributed by atoms with Crippen molar-refractivity contribution >= 4 is 11.6 Å². The minimum absolute atomic E-state index is 0.0481. The zero-order chi connectivity index (χ0) is 13.1. The molecule has 5 heteroatoms. The van der Waals surface area contributed by atoms with E-state index in [1.807, 2.05) is 0 Å². The molecular formula is C13H11ClF2N2. The summed E-state index contributed by atoms with van der Waals surface area (Å²) in [6.07, 6.45) is 2.98. The van der Waals surface area contributed by atoms with Crippen molar-refractivity contribution in [2.24, 2.45) is 0 Å². The number of nitrogens with zero attached hydrogens (tertiary/aromatic N) is 1. The average Bonchev–Trinajstić information content (AvgIpc) is 2.35. The molecule has 94 valence electrons. The Bertz CT molecular complexity index is 540. The lowest BCUT2D eigenvalue weighted by molar-refractivity contribution is 0.522. The third kappa shape index (κ3) is 2.35. The van der Waals surface area contributed by atoms with E-state index in [0.717, 1.165) is 0 Å². The molecule has 0 aliphatic rings. The van der Waals surface area contributed by atoms with Crippen LogP contribution in [-0.4, -0.2) is 12.0 Å². The molecule has 0 amide bonds. The summed E-state index contributed by atoms with van der Waals surface area (Å²) >= 11 is 6.00. The minimum atomic E-state index is -0.651. The lowest BCUT2D eigenvalue weighted by atomic mass is 9.98. The second kappa shape index (κ2) is 5.42. The molecule has 0 aliphatic heterocycles. The summed E-state index contributed by atoms with van der Waals surface area (Å²) in [4.78, 5) is 3.85. The number of aromatic nitrogens is 1. The first-order valence-corrected chi connectivity index (χ1v) is 5.73. The molecule has 0 aliphatic carbocycles. The molecule has 0 bridgehead atoms. The SMILES string of the molecule is CNC(c1ccncc1Cl)c1c(F)cccc1F. The highest BCUT2D eigenvalue weighted by Gasteiger charge is 2.22. The van der Waals surface area contributed by atoms with Crippen molar-refractivity contribution in [2.45, 2.75) is 6.04 Å². The number of hydrogen-bond acceptors (Lipinski definition) is 2. The van der Waals surface area contributed by atoms with Crippen molar-refractivity contribution in [1.82, 2.24) is 10.3 Å². The molecule has 18 heavy (non-hydrogen) atoms. The highest BCUT2D eigenvalue weighted by molar-refractivity contribution is 6.31. The molecule has 0 radical (unpaired) electrons. The van der Waals surface area contributed by atoms with Gasteiger partial charge in [0.05, 0.1) is 11.1 Å². The molecule has 1 heterocycles. The quantitative estimate of drug-likeness (QED) is 0.924. The van der Waals surface area contributed by atoms with E-state index in [4.69, 9.17) is 11.6 Å². The van der Waals surface area contributed by atoms with Gasteiger partial charge < -0.3 is 5.32 Å². The lowest BCUT2D eigenvalue weighted by Crippen LogP contribution is -2.20. The Morgan fingerprint density at radius 3 is 2.44 bits per heavy atom. The molecule has 1 aromatic carbocycles. The third-order valence-corrected chi connectivity index (χ3v) is 3.01. The summed E-state index contributed by atoms with van der Waals surface area (Å²) in [5.74, 6) is -1.22. The van der Waals surface area contributed by atoms with Crippen molar-refractivity contribution < 1.29 is 8.78 Å². The van der Waals surface area contributed by atoms with Gasteiger partial charge in [-0.05, 0) is 30.8 Å². The van der Waals surface area contributed by atoms with Gasteiger partial charge in [-0.15, -0.1) is 0 Å². The van der Waals surface area contributed by atoms with E-state index in [-0.39, 0.29) is 5.56 Å². The predicted molar refractivity (Wildman–Crippen MR) is 66.5 cm³/mol. The molecular weight excluding hydrogens is 258 g/mol. The summed E-state index contributed by atoms with van der Waals surface area (Å²) in [6, 6.07) is 4.75. The van der Waals surface area contributed by atoms with Gasteiger partial charge in [-0.25, -0.2) is 8.78 Å². The maximum absolute atomic E-state index is 13.8. The predicted octanol–water partition coefficient (Wildman–Crippen LogP) is 3.32. The van der Waals surface area contributed by atoms with Gasteiger partial charge in [0.1, 0.15) is 11.6 Å². The van der Waals surface area contributed by atoms with E-state index in [0.29, 0.717) is 10.6 Å². The second-order valence-electron chi connectivity index (χ2n) is 3.75. The third-order valence-electron chi connectivity index (χ3n) is 2.69. The van der Waals surface area contributed by atoms with Crippen molar-refractivity contribution in [3.63, 3.8) is 0 Å². The summed E-state index contributed by atoms with van der Waals surface area (Å²) in [7, 11) is 1.62. The molecule has 2 rings (SSSR count). The molecule has 2 aromatic rings. The summed E-state index contributed by atoms with van der Waals surface area (Å²) in [6.45, 7) is 0. The van der Waals surface area contributed by atoms with Crippen LogP contribution in [0.25, 0.3) is 0 Å². The highest BCUT2D eigenvalue weighted by Crippen LogP contribution is 2.30. The van der Waals surface area contributed by atoms with E-state index in [2.05, 4.69) is 10.3 Å². The molecule has 2 nitrogen and oxygen atoms in total. The maximum atomic E-state index is 13.8. The van der Waals surface area contributed by atoms with Crippen LogP contribution in [0.1, 0.15) is 17.2 Å². The average molecular weight is 269 g/mol. The summed E-state index contributed by atoms with van der Waals surface area (Å²) in [5.41, 5.74) is 0.534. The van der Waals surface area contributed by atoms with E-state index < -0.39 is 17.7 Å². The van der Waals surface area contributed by atoms with Gasteiger partial charge in [0, 0.05) is 18.0 Å². The Morgan fingerprint density at radius 1 is 1.22 bits per heavy atom. The topological polar surface area (TPSA) is 24.9 Å². The van der Waals surface area contributed by atoms with Crippen LogP contribution in [0.2, 0.25) is 5.02 Å². The van der Waals surface area contributed by atoms with E-state index >= 15 is 0 Å². The van der Waals surface area contributed by atoms with Crippen LogP contribution in [0.5, 0.6) is 0 Å². The zero-order valence-corrected chi connectivity index (χ0v) is 10.4. The summed E-state index contributed by atoms with van der Waals surface area (Å²) < 4.78 is 27.5. The van der Waals surface area contributed by atoms with Crippen LogP contribution >= 0.6 is 11.6 Å². The van der Waals surface area contributed by atoms with Gasteiger partial charge in [-0.1, -0.05) is 17.7 Å². The van der Waals surface area contributed by atoms with Gasteiger partial charge in [0.25, 0.3) is 0 Å². The normalized spacial score (nSPS) is 12.4. The largest absolute Gasteiger partial charge is 0.309 e. The fourth-order valence-electron chi connectivity index (χ4n) is 1.86. The maximum Gasteiger partial charge on any atom is 0.131 e. The van der Waals surface area contributed by atoms with Crippen LogP contribution in [0, 0.1) is 11.6 Å². The molecule has 1 aromatic heterocycles. The molecule has 0 saturated carbocycles. The van der Waals surface area contributed by atoms with Crippen molar-refractivity contribution in [1.29, 1.82) is 0 Å². The number of hydrogen-bond donors (Lipinski definition) is 1.